The van der Waals surface area contributed by atoms with Crippen LogP contribution in [0.5, 0.6) is 17.2 Å². The first kappa shape index (κ1) is 19.4. The first-order valence-electron chi connectivity index (χ1n) is 8.51. The number of nitrogens with two attached hydrogens (primary N) is 1. The number of methoxy groups -OCH3 is 2. The summed E-state index contributed by atoms with van der Waals surface area (Å²) in [7, 11) is 3.17. The number of carbonyl (C=O) groups excluding carboxylic acids is 1. The second-order valence-corrected chi connectivity index (χ2v) is 5.72. The van der Waals surface area contributed by atoms with Crippen molar-refractivity contribution in [1.82, 2.24) is 0 Å². The van der Waals surface area contributed by atoms with E-state index in [1.54, 1.807) is 14.2 Å². The minimum Gasteiger partial charge on any atom is -0.494 e. The highest BCUT2D eigenvalue weighted by atomic mass is 16.5. The summed E-state index contributed by atoms with van der Waals surface area (Å²) in [5.41, 5.74) is 8.25. The van der Waals surface area contributed by atoms with Crippen molar-refractivity contribution in [2.75, 3.05) is 20.8 Å². The van der Waals surface area contributed by atoms with E-state index in [2.05, 4.69) is 0 Å². The summed E-state index contributed by atoms with van der Waals surface area (Å²) in [5.74, 6) is 1.62. The van der Waals surface area contributed by atoms with E-state index < -0.39 is 5.91 Å². The monoisotopic (exact) mass is 355 g/mol. The summed E-state index contributed by atoms with van der Waals surface area (Å²) in [5, 5.41) is 0. The van der Waals surface area contributed by atoms with E-state index >= 15 is 0 Å². The highest BCUT2D eigenvalue weighted by Gasteiger charge is 2.10. The molecule has 0 saturated heterocycles. The molecule has 5 nitrogen and oxygen atoms in total. The zero-order chi connectivity index (χ0) is 18.9. The number of amides is 1. The van der Waals surface area contributed by atoms with E-state index in [-0.39, 0.29) is 0 Å². The molecule has 2 aromatic carbocycles. The Morgan fingerprint density at radius 1 is 1.08 bits per heavy atom. The van der Waals surface area contributed by atoms with E-state index in [9.17, 15) is 4.79 Å². The lowest BCUT2D eigenvalue weighted by atomic mass is 9.97. The highest BCUT2D eigenvalue weighted by molar-refractivity contribution is 5.94. The Hall–Kier alpha value is -2.95. The van der Waals surface area contributed by atoms with Crippen LogP contribution in [0.2, 0.25) is 0 Å². The van der Waals surface area contributed by atoms with Crippen LogP contribution in [0.15, 0.2) is 48.5 Å². The molecule has 0 spiro atoms. The predicted octanol–water partition coefficient (Wildman–Crippen LogP) is 3.60. The molecule has 0 fully saturated rings. The summed E-state index contributed by atoms with van der Waals surface area (Å²) >= 11 is 0. The molecule has 0 saturated carbocycles. The Labute approximate surface area is 154 Å². The molecular formula is C21H25NO4. The summed E-state index contributed by atoms with van der Waals surface area (Å²) < 4.78 is 16.2. The maximum absolute atomic E-state index is 11.5. The Balaban J connectivity index is 2.23. The van der Waals surface area contributed by atoms with Crippen molar-refractivity contribution in [1.29, 1.82) is 0 Å². The maximum Gasteiger partial charge on any atom is 0.241 e. The van der Waals surface area contributed by atoms with Gasteiger partial charge >= 0.3 is 0 Å². The number of rotatable bonds is 9. The zero-order valence-corrected chi connectivity index (χ0v) is 15.5. The quantitative estimate of drug-likeness (QED) is 0.698. The summed E-state index contributed by atoms with van der Waals surface area (Å²) in [6.07, 6.45) is 2.88. The number of primary amides is 1. The molecule has 0 bridgehead atoms. The summed E-state index contributed by atoms with van der Waals surface area (Å²) in [6, 6.07) is 13.5. The van der Waals surface area contributed by atoms with E-state index in [1.165, 1.54) is 6.08 Å². The molecule has 0 unspecified atom stereocenters. The van der Waals surface area contributed by atoms with E-state index in [0.717, 1.165) is 28.9 Å². The molecule has 1 amide bonds. The minimum absolute atomic E-state index is 0.474. The Kier molecular flexibility index (Phi) is 7.09. The van der Waals surface area contributed by atoms with Gasteiger partial charge in [-0.15, -0.1) is 0 Å². The third kappa shape index (κ3) is 5.28. The first-order valence-corrected chi connectivity index (χ1v) is 8.51. The maximum atomic E-state index is 11.5. The topological polar surface area (TPSA) is 70.8 Å². The molecule has 26 heavy (non-hydrogen) atoms. The fraction of sp³-hybridized carbons (Fsp3) is 0.286. The third-order valence-corrected chi connectivity index (χ3v) is 3.96. The van der Waals surface area contributed by atoms with Crippen LogP contribution >= 0.6 is 0 Å². The van der Waals surface area contributed by atoms with Crippen LogP contribution in [0.4, 0.5) is 0 Å². The number of hydrogen-bond acceptors (Lipinski definition) is 4. The van der Waals surface area contributed by atoms with E-state index in [4.69, 9.17) is 19.9 Å². The highest BCUT2D eigenvalue weighted by Crippen LogP contribution is 2.32. The average molecular weight is 355 g/mol. The Bertz CT molecular complexity index is 783. The molecule has 5 heteroatoms. The lowest BCUT2D eigenvalue weighted by Crippen LogP contribution is -2.07. The van der Waals surface area contributed by atoms with Crippen LogP contribution in [0.1, 0.15) is 24.5 Å². The van der Waals surface area contributed by atoms with E-state index in [1.807, 2.05) is 49.4 Å². The lowest BCUT2D eigenvalue weighted by molar-refractivity contribution is -0.113. The van der Waals surface area contributed by atoms with Gasteiger partial charge in [0.2, 0.25) is 5.91 Å². The number of benzene rings is 2. The Morgan fingerprint density at radius 2 is 1.85 bits per heavy atom. The molecule has 0 aliphatic heterocycles. The van der Waals surface area contributed by atoms with Gasteiger partial charge < -0.3 is 19.9 Å². The zero-order valence-electron chi connectivity index (χ0n) is 15.5. The predicted molar refractivity (Wildman–Crippen MR) is 103 cm³/mol. The lowest BCUT2D eigenvalue weighted by Gasteiger charge is -2.13. The van der Waals surface area contributed by atoms with Gasteiger partial charge in [0, 0.05) is 6.08 Å². The molecule has 0 aliphatic rings. The number of hydrogen-bond donors (Lipinski definition) is 1. The van der Waals surface area contributed by atoms with Gasteiger partial charge in [-0.1, -0.05) is 18.2 Å². The molecule has 0 radical (unpaired) electrons. The molecular weight excluding hydrogens is 330 g/mol. The molecule has 0 heterocycles. The summed E-state index contributed by atoms with van der Waals surface area (Å²) in [4.78, 5) is 11.5. The van der Waals surface area contributed by atoms with E-state index in [0.29, 0.717) is 24.5 Å². The molecule has 0 aliphatic carbocycles. The fourth-order valence-electron chi connectivity index (χ4n) is 2.74. The Morgan fingerprint density at radius 3 is 2.50 bits per heavy atom. The van der Waals surface area contributed by atoms with Gasteiger partial charge in [-0.25, -0.2) is 0 Å². The van der Waals surface area contributed by atoms with Crippen molar-refractivity contribution in [2.45, 2.75) is 19.8 Å². The second-order valence-electron chi connectivity index (χ2n) is 5.72. The van der Waals surface area contributed by atoms with Crippen molar-refractivity contribution in [3.63, 3.8) is 0 Å². The van der Waals surface area contributed by atoms with Crippen LogP contribution in [-0.2, 0) is 11.2 Å². The van der Waals surface area contributed by atoms with Crippen LogP contribution in [-0.4, -0.2) is 26.7 Å². The number of ether oxygens (including phenoxy) is 3. The van der Waals surface area contributed by atoms with Gasteiger partial charge in [-0.05, 0) is 60.7 Å². The molecule has 0 atom stereocenters. The smallest absolute Gasteiger partial charge is 0.241 e. The average Bonchev–Trinajstić information content (AvgIpc) is 2.65. The van der Waals surface area contributed by atoms with Crippen molar-refractivity contribution < 1.29 is 19.0 Å². The van der Waals surface area contributed by atoms with Crippen LogP contribution < -0.4 is 19.9 Å². The van der Waals surface area contributed by atoms with Crippen LogP contribution in [0.25, 0.3) is 5.57 Å². The van der Waals surface area contributed by atoms with Gasteiger partial charge in [-0.2, -0.15) is 0 Å². The molecule has 2 aromatic rings. The second kappa shape index (κ2) is 9.51. The van der Waals surface area contributed by atoms with Crippen LogP contribution in [0.3, 0.4) is 0 Å². The molecule has 2 rings (SSSR count). The normalized spacial score (nSPS) is 11.1. The fourth-order valence-corrected chi connectivity index (χ4v) is 2.74. The van der Waals surface area contributed by atoms with Gasteiger partial charge in [0.25, 0.3) is 0 Å². The third-order valence-electron chi connectivity index (χ3n) is 3.96. The first-order chi connectivity index (χ1) is 12.6. The SMILES string of the molecule is CCOc1cccc(CCC(=CC(N)=O)c2ccc(OC)c(OC)c2)c1. The molecule has 2 N–H and O–H groups in total. The van der Waals surface area contributed by atoms with Crippen molar-refractivity contribution in [3.8, 4) is 17.2 Å². The van der Waals surface area contributed by atoms with Crippen LogP contribution in [0, 0.1) is 0 Å². The summed E-state index contributed by atoms with van der Waals surface area (Å²) in [6.45, 7) is 2.58. The van der Waals surface area contributed by atoms with Gasteiger partial charge in [0.05, 0.1) is 20.8 Å². The van der Waals surface area contributed by atoms with Crippen molar-refractivity contribution in [2.24, 2.45) is 5.73 Å². The van der Waals surface area contributed by atoms with Gasteiger partial charge in [0.15, 0.2) is 11.5 Å². The largest absolute Gasteiger partial charge is 0.494 e. The number of carbonyl (C=O) groups is 1. The van der Waals surface area contributed by atoms with Crippen molar-refractivity contribution in [3.05, 3.63) is 59.7 Å². The van der Waals surface area contributed by atoms with Gasteiger partial charge in [0.1, 0.15) is 5.75 Å². The number of allylic oxidation sites excluding steroid dienone is 1. The number of aryl methyl sites for hydroxylation is 1. The minimum atomic E-state index is -0.474. The van der Waals surface area contributed by atoms with Gasteiger partial charge in [-0.3, -0.25) is 4.79 Å². The van der Waals surface area contributed by atoms with Crippen molar-refractivity contribution >= 4 is 11.5 Å². The molecule has 0 aromatic heterocycles. The standard InChI is InChI=1S/C21H25NO4/c1-4-26-18-7-5-6-15(12-18)8-9-17(14-21(22)23)16-10-11-19(24-2)20(13-16)25-3/h5-7,10-14H,4,8-9H2,1-3H3,(H2,22,23). The molecule has 138 valence electrons.